The van der Waals surface area contributed by atoms with Gasteiger partial charge in [0.1, 0.15) is 0 Å². The molecule has 0 radical (unpaired) electrons. The summed E-state index contributed by atoms with van der Waals surface area (Å²) in [4.78, 5) is 0. The lowest BCUT2D eigenvalue weighted by Crippen LogP contribution is -2.31. The van der Waals surface area contributed by atoms with E-state index in [1.807, 2.05) is 0 Å². The predicted octanol–water partition coefficient (Wildman–Crippen LogP) is 2.04. The summed E-state index contributed by atoms with van der Waals surface area (Å²) in [5.41, 5.74) is -12.2. The van der Waals surface area contributed by atoms with Gasteiger partial charge in [0.2, 0.25) is 10.9 Å². The van der Waals surface area contributed by atoms with Crippen molar-refractivity contribution in [2.24, 2.45) is 0 Å². The van der Waals surface area contributed by atoms with Crippen molar-refractivity contribution in [1.29, 1.82) is 0 Å². The first-order valence-corrected chi connectivity index (χ1v) is 5.45. The summed E-state index contributed by atoms with van der Waals surface area (Å²) in [6.45, 7) is 0. The van der Waals surface area contributed by atoms with E-state index in [1.165, 1.54) is 0 Å². The van der Waals surface area contributed by atoms with E-state index in [9.17, 15) is 34.8 Å². The summed E-state index contributed by atoms with van der Waals surface area (Å²) in [7, 11) is -13.1. The standard InChI is InChI=1S/C2H2F6O5S2/c3-1(4,5)14(9,10)13-15(11,12)2(6,7)8/h9-10H. The molecule has 0 saturated heterocycles. The fraction of sp³-hybridized carbons (Fsp3) is 1.00. The van der Waals surface area contributed by atoms with Gasteiger partial charge in [-0.15, -0.1) is 0 Å². The molecule has 15 heavy (non-hydrogen) atoms. The molecule has 0 aromatic heterocycles. The molecule has 0 spiro atoms. The summed E-state index contributed by atoms with van der Waals surface area (Å²) in [6.07, 6.45) is 0. The lowest BCUT2D eigenvalue weighted by molar-refractivity contribution is -0.0671. The molecule has 0 aliphatic rings. The van der Waals surface area contributed by atoms with E-state index in [-0.39, 0.29) is 0 Å². The zero-order valence-corrected chi connectivity index (χ0v) is 7.84. The topological polar surface area (TPSA) is 83.8 Å². The molecular formula is C2H2F6O5S2. The molecule has 0 aliphatic carbocycles. The van der Waals surface area contributed by atoms with Crippen LogP contribution >= 0.6 is 10.9 Å². The molecule has 0 aromatic rings. The van der Waals surface area contributed by atoms with Crippen LogP contribution in [0.3, 0.4) is 0 Å². The SMILES string of the molecule is O=S(=O)(OS(O)(O)C(F)(F)F)C(F)(F)F. The molecule has 0 fully saturated rings. The molecule has 0 aliphatic heterocycles. The first-order chi connectivity index (χ1) is 6.21. The number of hydrogen-bond donors (Lipinski definition) is 2. The molecule has 0 bridgehead atoms. The summed E-state index contributed by atoms with van der Waals surface area (Å²) in [6, 6.07) is 0. The molecule has 94 valence electrons. The van der Waals surface area contributed by atoms with Crippen molar-refractivity contribution in [3.63, 3.8) is 0 Å². The van der Waals surface area contributed by atoms with Gasteiger partial charge in [0, 0.05) is 0 Å². The molecule has 0 amide bonds. The minimum absolute atomic E-state index is 2.27. The second-order valence-corrected chi connectivity index (χ2v) is 5.28. The third kappa shape index (κ3) is 3.37. The van der Waals surface area contributed by atoms with Gasteiger partial charge in [0.15, 0.2) is 0 Å². The highest BCUT2D eigenvalue weighted by atomic mass is 32.3. The van der Waals surface area contributed by atoms with Gasteiger partial charge in [-0.05, 0) is 0 Å². The van der Waals surface area contributed by atoms with Crippen molar-refractivity contribution >= 4 is 21.0 Å². The van der Waals surface area contributed by atoms with Crippen molar-refractivity contribution in [3.05, 3.63) is 0 Å². The van der Waals surface area contributed by atoms with Crippen LogP contribution in [-0.4, -0.2) is 28.5 Å². The Balaban J connectivity index is 5.08. The third-order valence-electron chi connectivity index (χ3n) is 0.769. The molecular weight excluding hydrogens is 282 g/mol. The van der Waals surface area contributed by atoms with Crippen LogP contribution in [0.4, 0.5) is 26.3 Å². The van der Waals surface area contributed by atoms with Crippen molar-refractivity contribution in [2.75, 3.05) is 0 Å². The van der Waals surface area contributed by atoms with Gasteiger partial charge in [-0.3, -0.25) is 0 Å². The second-order valence-electron chi connectivity index (χ2n) is 1.91. The molecule has 2 N–H and O–H groups in total. The Kier molecular flexibility index (Phi) is 3.60. The first kappa shape index (κ1) is 14.8. The maximum Gasteiger partial charge on any atom is 0.524 e. The van der Waals surface area contributed by atoms with Crippen LogP contribution in [0.1, 0.15) is 0 Å². The number of hydrogen-bond acceptors (Lipinski definition) is 5. The van der Waals surface area contributed by atoms with Crippen LogP contribution in [0, 0.1) is 0 Å². The fourth-order valence-corrected chi connectivity index (χ4v) is 1.82. The van der Waals surface area contributed by atoms with Crippen LogP contribution in [0.5, 0.6) is 0 Å². The monoisotopic (exact) mass is 284 g/mol. The minimum Gasteiger partial charge on any atom is -0.301 e. The Morgan fingerprint density at radius 3 is 1.40 bits per heavy atom. The lowest BCUT2D eigenvalue weighted by atomic mass is 11.6. The predicted molar refractivity (Wildman–Crippen MR) is 35.0 cm³/mol. The van der Waals surface area contributed by atoms with E-state index < -0.39 is 32.0 Å². The molecule has 0 rings (SSSR count). The summed E-state index contributed by atoms with van der Waals surface area (Å²) < 4.78 is 107. The summed E-state index contributed by atoms with van der Waals surface area (Å²) in [5, 5.41) is 0. The third-order valence-corrected chi connectivity index (χ3v) is 3.42. The van der Waals surface area contributed by atoms with E-state index in [0.29, 0.717) is 0 Å². The smallest absolute Gasteiger partial charge is 0.301 e. The Labute approximate surface area is 80.3 Å². The Hall–Kier alpha value is -0.240. The van der Waals surface area contributed by atoms with E-state index >= 15 is 0 Å². The van der Waals surface area contributed by atoms with Crippen molar-refractivity contribution in [1.82, 2.24) is 0 Å². The molecule has 0 unspecified atom stereocenters. The molecule has 13 heteroatoms. The largest absolute Gasteiger partial charge is 0.524 e. The van der Waals surface area contributed by atoms with Gasteiger partial charge < -0.3 is 9.11 Å². The molecule has 0 heterocycles. The average Bonchev–Trinajstić information content (AvgIpc) is 1.77. The van der Waals surface area contributed by atoms with Crippen LogP contribution in [0.25, 0.3) is 0 Å². The second kappa shape index (κ2) is 3.65. The Bertz CT molecular complexity index is 324. The molecule has 0 saturated carbocycles. The number of halogens is 6. The van der Waals surface area contributed by atoms with E-state index in [1.54, 1.807) is 0 Å². The van der Waals surface area contributed by atoms with Gasteiger partial charge in [-0.2, -0.15) is 38.4 Å². The molecule has 5 nitrogen and oxygen atoms in total. The Morgan fingerprint density at radius 1 is 0.867 bits per heavy atom. The van der Waals surface area contributed by atoms with Gasteiger partial charge >= 0.3 is 21.1 Å². The zero-order valence-electron chi connectivity index (χ0n) is 6.20. The molecule has 0 atom stereocenters. The maximum absolute atomic E-state index is 11.5. The van der Waals surface area contributed by atoms with Gasteiger partial charge in [0.05, 0.1) is 0 Å². The van der Waals surface area contributed by atoms with Gasteiger partial charge in [-0.1, -0.05) is 0 Å². The highest BCUT2D eigenvalue weighted by molar-refractivity contribution is 8.25. The van der Waals surface area contributed by atoms with E-state index in [4.69, 9.17) is 9.11 Å². The molecule has 0 aromatic carbocycles. The van der Waals surface area contributed by atoms with Crippen LogP contribution in [-0.2, 0) is 13.7 Å². The summed E-state index contributed by atoms with van der Waals surface area (Å²) >= 11 is 0. The maximum atomic E-state index is 11.5. The van der Waals surface area contributed by atoms with Crippen molar-refractivity contribution in [3.8, 4) is 0 Å². The number of alkyl halides is 6. The minimum atomic E-state index is -6.72. The van der Waals surface area contributed by atoms with Crippen LogP contribution in [0.2, 0.25) is 0 Å². The summed E-state index contributed by atoms with van der Waals surface area (Å²) in [5.74, 6) is 0. The highest BCUT2D eigenvalue weighted by Crippen LogP contribution is 2.58. The zero-order chi connectivity index (χ0) is 12.7. The Morgan fingerprint density at radius 2 is 1.20 bits per heavy atom. The lowest BCUT2D eigenvalue weighted by Gasteiger charge is -2.27. The average molecular weight is 284 g/mol. The van der Waals surface area contributed by atoms with Gasteiger partial charge in [0.25, 0.3) is 0 Å². The normalized spacial score (nSPS) is 16.5. The van der Waals surface area contributed by atoms with Crippen LogP contribution < -0.4 is 0 Å². The van der Waals surface area contributed by atoms with E-state index in [0.717, 1.165) is 0 Å². The number of rotatable bonds is 2. The van der Waals surface area contributed by atoms with Crippen LogP contribution in [0.15, 0.2) is 0 Å². The van der Waals surface area contributed by atoms with E-state index in [2.05, 4.69) is 3.63 Å². The quantitative estimate of drug-likeness (QED) is 0.599. The highest BCUT2D eigenvalue weighted by Gasteiger charge is 2.59. The van der Waals surface area contributed by atoms with Crippen molar-refractivity contribution < 1.29 is 47.5 Å². The first-order valence-electron chi connectivity index (χ1n) is 2.57. The van der Waals surface area contributed by atoms with Crippen molar-refractivity contribution in [2.45, 2.75) is 11.0 Å². The van der Waals surface area contributed by atoms with Gasteiger partial charge in [-0.25, -0.2) is 0 Å². The fourth-order valence-electron chi connectivity index (χ4n) is 0.202.